The molecular weight excluding hydrogens is 930 g/mol. The van der Waals surface area contributed by atoms with E-state index in [1.807, 2.05) is 80.6 Å². The van der Waals surface area contributed by atoms with Gasteiger partial charge in [-0.25, -0.2) is 9.69 Å². The van der Waals surface area contributed by atoms with Gasteiger partial charge in [0, 0.05) is 94.5 Å². The van der Waals surface area contributed by atoms with Crippen molar-refractivity contribution >= 4 is 23.2 Å². The molecule has 6 aromatic rings. The standard InChI is InChI=1S/C17H17N3.C16H19N3.C12H15NO.C9H11N4.C4H6N2.ClH/c1-13-17(9-18)16-7-8-20(12-15(16)10-19-13)11-14-5-3-2-4-6-14;1-13(17)16(18-2)15-8-10-19(11-9-15)12-14-6-4-3-5-7-14;14-12-6-8-13(9-7-12)10-11-4-2-1-3-5-11;1-12(2)7-13-9-6-4-3-5-8(9)10-11-13;1-4(5)3-6-2;/h2-6,10H,7-8,11-12H2,1H3;3-8H,9-12,17H2,1H3;1-5H,6-10H2;3-7H,1-2H3;3H,5H2,1H3;1H/q;;;+1;;/p-1/b;16-13+;;;;. The number of halogens is 1. The van der Waals surface area contributed by atoms with Crippen LogP contribution < -0.4 is 23.9 Å². The summed E-state index contributed by atoms with van der Waals surface area (Å²) in [4.78, 5) is 29.0. The summed E-state index contributed by atoms with van der Waals surface area (Å²) in [7, 11) is 3.91. The Kier molecular flexibility index (Phi) is 24.4. The molecule has 0 aliphatic carbocycles. The summed E-state index contributed by atoms with van der Waals surface area (Å²) < 4.78 is 3.69. The number of pyridine rings is 1. The van der Waals surface area contributed by atoms with Crippen LogP contribution in [0.2, 0.25) is 0 Å². The second-order valence-corrected chi connectivity index (χ2v) is 18.0. The summed E-state index contributed by atoms with van der Waals surface area (Å²) in [6.07, 6.45) is 10.5. The molecule has 4 N–H and O–H groups in total. The summed E-state index contributed by atoms with van der Waals surface area (Å²) in [6, 6.07) is 41.6. The average Bonchev–Trinajstić information content (AvgIpc) is 3.79. The fraction of sp³-hybridized carbons (Fsp3) is 0.310. The minimum Gasteiger partial charge on any atom is -1.00 e. The highest BCUT2D eigenvalue weighted by Gasteiger charge is 2.21. The van der Waals surface area contributed by atoms with Crippen LogP contribution in [0.25, 0.3) is 20.7 Å². The molecule has 0 spiro atoms. The van der Waals surface area contributed by atoms with Gasteiger partial charge in [0.1, 0.15) is 17.4 Å². The summed E-state index contributed by atoms with van der Waals surface area (Å²) in [6.45, 7) is 27.3. The summed E-state index contributed by atoms with van der Waals surface area (Å²) in [5.41, 5.74) is 23.7. The first kappa shape index (κ1) is 57.8. The van der Waals surface area contributed by atoms with Gasteiger partial charge in [0.25, 0.3) is 6.34 Å². The second kappa shape index (κ2) is 30.9. The molecule has 5 heterocycles. The van der Waals surface area contributed by atoms with Crippen LogP contribution in [-0.4, -0.2) is 98.2 Å². The van der Waals surface area contributed by atoms with Gasteiger partial charge in [-0.15, -0.1) is 5.10 Å². The van der Waals surface area contributed by atoms with Crippen LogP contribution in [0.15, 0.2) is 156 Å². The number of benzene rings is 4. The zero-order valence-corrected chi connectivity index (χ0v) is 43.6. The monoisotopic (exact) mass is 998 g/mol. The third-order valence-corrected chi connectivity index (χ3v) is 11.9. The van der Waals surface area contributed by atoms with Crippen molar-refractivity contribution in [3.8, 4) is 6.07 Å². The van der Waals surface area contributed by atoms with Crippen LogP contribution in [0.3, 0.4) is 0 Å². The van der Waals surface area contributed by atoms with E-state index in [0.717, 1.165) is 112 Å². The fourth-order valence-corrected chi connectivity index (χ4v) is 8.25. The number of ketones is 1. The lowest BCUT2D eigenvalue weighted by molar-refractivity contribution is -0.461. The molecule has 3 aliphatic rings. The minimum absolute atomic E-state index is 0. The SMILES string of the molecule is C[N+](C)=Cn1nnc2ccccc21.Cc1ncc2c(c1C#N)CCN(Cc1ccccc1)C2.O=C1CCN(Cc2ccccc2)CC1.[C-]#[N+]/C(C1=CCN(Cc2ccccc2)CC1)=C(\C)N.[C-]#[N+]C=C(C)N.[Cl-]. The molecule has 0 amide bonds. The number of nitrogens with zero attached hydrogens (tertiary/aromatic N) is 11. The smallest absolute Gasteiger partial charge is 0.266 e. The predicted octanol–water partition coefficient (Wildman–Crippen LogP) is 5.91. The van der Waals surface area contributed by atoms with Crippen molar-refractivity contribution < 1.29 is 21.8 Å². The summed E-state index contributed by atoms with van der Waals surface area (Å²) in [5, 5.41) is 17.3. The summed E-state index contributed by atoms with van der Waals surface area (Å²) >= 11 is 0. The molecule has 0 radical (unpaired) electrons. The highest BCUT2D eigenvalue weighted by molar-refractivity contribution is 5.80. The maximum absolute atomic E-state index is 11.0. The molecule has 0 saturated carbocycles. The number of hydrogen-bond acceptors (Lipinski definition) is 10. The van der Waals surface area contributed by atoms with E-state index >= 15 is 0 Å². The molecule has 4 aromatic carbocycles. The van der Waals surface area contributed by atoms with E-state index < -0.39 is 0 Å². The molecular formula is C58H68ClN13O. The van der Waals surface area contributed by atoms with Gasteiger partial charge in [-0.3, -0.25) is 29.1 Å². The third kappa shape index (κ3) is 19.4. The lowest BCUT2D eigenvalue weighted by Gasteiger charge is -2.29. The van der Waals surface area contributed by atoms with Crippen molar-refractivity contribution in [2.24, 2.45) is 11.5 Å². The Morgan fingerprint density at radius 2 is 1.30 bits per heavy atom. The average molecular weight is 999 g/mol. The maximum atomic E-state index is 11.0. The van der Waals surface area contributed by atoms with E-state index in [9.17, 15) is 10.1 Å². The zero-order chi connectivity index (χ0) is 51.7. The number of aromatic nitrogens is 4. The number of Topliss-reactive ketones (excluding diaryl/α,β-unsaturated/α-hetero) is 1. The van der Waals surface area contributed by atoms with Gasteiger partial charge < -0.3 is 23.9 Å². The molecule has 378 valence electrons. The molecule has 9 rings (SSSR count). The lowest BCUT2D eigenvalue weighted by Crippen LogP contribution is -3.00. The van der Waals surface area contributed by atoms with Gasteiger partial charge in [-0.1, -0.05) is 114 Å². The van der Waals surface area contributed by atoms with Gasteiger partial charge >= 0.3 is 0 Å². The van der Waals surface area contributed by atoms with Crippen LogP contribution in [-0.2, 0) is 37.4 Å². The molecule has 73 heavy (non-hydrogen) atoms. The third-order valence-electron chi connectivity index (χ3n) is 11.9. The number of rotatable bonds is 8. The Morgan fingerprint density at radius 1 is 0.767 bits per heavy atom. The number of piperidine rings is 1. The number of nitrogens with two attached hydrogens (primary N) is 2. The van der Waals surface area contributed by atoms with Crippen LogP contribution in [0, 0.1) is 31.4 Å². The van der Waals surface area contributed by atoms with E-state index in [2.05, 4.69) is 125 Å². The molecule has 2 aromatic heterocycles. The van der Waals surface area contributed by atoms with Crippen molar-refractivity contribution in [2.45, 2.75) is 72.6 Å². The van der Waals surface area contributed by atoms with Crippen LogP contribution in [0.1, 0.15) is 72.2 Å². The van der Waals surface area contributed by atoms with Crippen molar-refractivity contribution in [3.05, 3.63) is 218 Å². The van der Waals surface area contributed by atoms with Crippen molar-refractivity contribution in [3.63, 3.8) is 0 Å². The molecule has 14 nitrogen and oxygen atoms in total. The molecule has 0 bridgehead atoms. The van der Waals surface area contributed by atoms with Crippen LogP contribution in [0.4, 0.5) is 0 Å². The van der Waals surface area contributed by atoms with E-state index in [4.69, 9.17) is 24.6 Å². The lowest BCUT2D eigenvalue weighted by atomic mass is 9.95. The highest BCUT2D eigenvalue weighted by Crippen LogP contribution is 2.25. The topological polar surface area (TPSA) is 158 Å². The molecule has 1 saturated heterocycles. The van der Waals surface area contributed by atoms with Crippen molar-refractivity contribution in [1.29, 1.82) is 5.26 Å². The highest BCUT2D eigenvalue weighted by atomic mass is 35.5. The largest absolute Gasteiger partial charge is 1.00 e. The number of para-hydroxylation sites is 1. The Balaban J connectivity index is 0.000000205. The quantitative estimate of drug-likeness (QED) is 0.0814. The summed E-state index contributed by atoms with van der Waals surface area (Å²) in [5.74, 6) is 0.411. The van der Waals surface area contributed by atoms with Gasteiger partial charge in [0.15, 0.2) is 11.7 Å². The van der Waals surface area contributed by atoms with Gasteiger partial charge in [-0.05, 0) is 79.1 Å². The Morgan fingerprint density at radius 3 is 1.79 bits per heavy atom. The number of fused-ring (bicyclic) bond motifs is 2. The van der Waals surface area contributed by atoms with Crippen LogP contribution in [0.5, 0.6) is 0 Å². The molecule has 0 atom stereocenters. The number of carbonyl (C=O) groups excluding carboxylic acids is 1. The normalized spacial score (nSPS) is 14.7. The molecule has 3 aliphatic heterocycles. The first-order chi connectivity index (χ1) is 34.9. The Labute approximate surface area is 438 Å². The van der Waals surface area contributed by atoms with Gasteiger partial charge in [-0.2, -0.15) is 5.26 Å². The number of carbonyl (C=O) groups is 1. The second-order valence-electron chi connectivity index (χ2n) is 18.0. The first-order valence-corrected chi connectivity index (χ1v) is 24.2. The van der Waals surface area contributed by atoms with E-state index in [1.165, 1.54) is 34.0 Å². The number of likely N-dealkylation sites (tertiary alicyclic amines) is 1. The maximum Gasteiger partial charge on any atom is 0.266 e. The molecule has 15 heteroatoms. The van der Waals surface area contributed by atoms with Gasteiger partial charge in [0.2, 0.25) is 5.70 Å². The van der Waals surface area contributed by atoms with E-state index in [0.29, 0.717) is 22.9 Å². The number of aryl methyl sites for hydroxylation is 1. The van der Waals surface area contributed by atoms with Gasteiger partial charge in [0.05, 0.1) is 38.5 Å². The molecule has 1 fully saturated rings. The number of nitriles is 1. The van der Waals surface area contributed by atoms with E-state index in [1.54, 1.807) is 18.5 Å². The number of hydrogen-bond donors (Lipinski definition) is 2. The minimum atomic E-state index is 0. The van der Waals surface area contributed by atoms with Crippen molar-refractivity contribution in [1.82, 2.24) is 34.7 Å². The van der Waals surface area contributed by atoms with Crippen LogP contribution >= 0.6 is 0 Å². The molecule has 0 unspecified atom stereocenters. The van der Waals surface area contributed by atoms with Crippen molar-refractivity contribution in [2.75, 3.05) is 46.8 Å². The Hall–Kier alpha value is -7.77. The number of allylic oxidation sites excluding steroid dienone is 3. The Bertz CT molecular complexity index is 2920. The fourth-order valence-electron chi connectivity index (χ4n) is 8.25. The van der Waals surface area contributed by atoms with E-state index in [-0.39, 0.29) is 12.4 Å². The first-order valence-electron chi connectivity index (χ1n) is 24.2. The zero-order valence-electron chi connectivity index (χ0n) is 42.8. The predicted molar refractivity (Wildman–Crippen MR) is 287 cm³/mol.